The second-order valence-electron chi connectivity index (χ2n) is 4.59. The van der Waals surface area contributed by atoms with E-state index < -0.39 is 5.91 Å². The lowest BCUT2D eigenvalue weighted by Crippen LogP contribution is -2.23. The number of carbonyl (C=O) groups is 1. The smallest absolute Gasteiger partial charge is 0.252 e. The van der Waals surface area contributed by atoms with Crippen molar-refractivity contribution in [2.24, 2.45) is 5.73 Å². The maximum Gasteiger partial charge on any atom is 0.252 e. The van der Waals surface area contributed by atoms with Crippen LogP contribution in [0.3, 0.4) is 0 Å². The zero-order valence-corrected chi connectivity index (χ0v) is 11.6. The zero-order chi connectivity index (χ0) is 14.7. The number of pyridine rings is 1. The van der Waals surface area contributed by atoms with E-state index in [2.05, 4.69) is 4.98 Å². The number of aromatic nitrogens is 1. The molecule has 0 unspecified atom stereocenters. The van der Waals surface area contributed by atoms with E-state index in [1.165, 1.54) is 6.20 Å². The Morgan fingerprint density at radius 3 is 2.70 bits per heavy atom. The molecule has 0 saturated heterocycles. The largest absolute Gasteiger partial charge is 0.397 e. The lowest BCUT2D eigenvalue weighted by Gasteiger charge is -2.24. The van der Waals surface area contributed by atoms with Gasteiger partial charge in [0, 0.05) is 12.2 Å². The third-order valence-corrected chi connectivity index (χ3v) is 3.04. The van der Waals surface area contributed by atoms with Crippen LogP contribution in [0.1, 0.15) is 22.8 Å². The fraction of sp³-hybridized carbons (Fsp3) is 0.200. The van der Waals surface area contributed by atoms with Crippen molar-refractivity contribution in [3.63, 3.8) is 0 Å². The van der Waals surface area contributed by atoms with Gasteiger partial charge in [0.2, 0.25) is 0 Å². The van der Waals surface area contributed by atoms with Crippen LogP contribution in [0.25, 0.3) is 0 Å². The second-order valence-corrected chi connectivity index (χ2v) is 4.59. The Labute approximate surface area is 118 Å². The summed E-state index contributed by atoms with van der Waals surface area (Å²) in [5, 5.41) is 0. The molecule has 20 heavy (non-hydrogen) atoms. The topological polar surface area (TPSA) is 85.2 Å². The van der Waals surface area contributed by atoms with Gasteiger partial charge in [-0.05, 0) is 37.6 Å². The van der Waals surface area contributed by atoms with Gasteiger partial charge in [-0.1, -0.05) is 12.1 Å². The Morgan fingerprint density at radius 1 is 1.35 bits per heavy atom. The van der Waals surface area contributed by atoms with E-state index in [1.807, 2.05) is 43.0 Å². The van der Waals surface area contributed by atoms with Gasteiger partial charge >= 0.3 is 0 Å². The molecule has 1 amide bonds. The summed E-state index contributed by atoms with van der Waals surface area (Å²) in [7, 11) is 0. The first-order chi connectivity index (χ1) is 9.52. The van der Waals surface area contributed by atoms with Crippen LogP contribution in [0.5, 0.6) is 0 Å². The van der Waals surface area contributed by atoms with Crippen LogP contribution in [0.4, 0.5) is 17.2 Å². The highest BCUT2D eigenvalue weighted by Gasteiger charge is 2.17. The molecule has 0 spiro atoms. The van der Waals surface area contributed by atoms with Gasteiger partial charge in [-0.25, -0.2) is 4.98 Å². The number of primary amides is 1. The summed E-state index contributed by atoms with van der Waals surface area (Å²) in [4.78, 5) is 17.8. The van der Waals surface area contributed by atoms with Crippen molar-refractivity contribution in [3.05, 3.63) is 47.7 Å². The highest BCUT2D eigenvalue weighted by molar-refractivity contribution is 5.99. The molecular weight excluding hydrogens is 252 g/mol. The van der Waals surface area contributed by atoms with Crippen molar-refractivity contribution in [3.8, 4) is 0 Å². The van der Waals surface area contributed by atoms with E-state index in [0.717, 1.165) is 11.3 Å². The number of amides is 1. The minimum atomic E-state index is -0.536. The normalized spacial score (nSPS) is 10.3. The summed E-state index contributed by atoms with van der Waals surface area (Å²) in [6, 6.07) is 9.55. The van der Waals surface area contributed by atoms with E-state index in [4.69, 9.17) is 11.5 Å². The summed E-state index contributed by atoms with van der Waals surface area (Å²) in [5.74, 6) is -0.00861. The average molecular weight is 270 g/mol. The molecule has 0 atom stereocenters. The van der Waals surface area contributed by atoms with E-state index in [9.17, 15) is 4.79 Å². The summed E-state index contributed by atoms with van der Waals surface area (Å²) in [5.41, 5.74) is 14.0. The number of rotatable bonds is 4. The summed E-state index contributed by atoms with van der Waals surface area (Å²) in [6.07, 6.45) is 1.53. The van der Waals surface area contributed by atoms with Gasteiger partial charge in [0.25, 0.3) is 5.91 Å². The molecule has 0 bridgehead atoms. The van der Waals surface area contributed by atoms with Gasteiger partial charge in [-0.2, -0.15) is 0 Å². The highest BCUT2D eigenvalue weighted by Crippen LogP contribution is 2.27. The number of aryl methyl sites for hydroxylation is 1. The molecule has 5 nitrogen and oxygen atoms in total. The number of carbonyl (C=O) groups excluding carboxylic acids is 1. The van der Waals surface area contributed by atoms with Crippen LogP contribution >= 0.6 is 0 Å². The molecule has 0 aliphatic carbocycles. The van der Waals surface area contributed by atoms with Crippen LogP contribution in [-0.4, -0.2) is 17.4 Å². The van der Waals surface area contributed by atoms with Gasteiger partial charge < -0.3 is 16.4 Å². The Bertz CT molecular complexity index is 640. The number of nitrogens with two attached hydrogens (primary N) is 2. The second kappa shape index (κ2) is 5.61. The predicted octanol–water partition coefficient (Wildman–Crippen LogP) is 2.23. The van der Waals surface area contributed by atoms with Gasteiger partial charge in [0.1, 0.15) is 5.82 Å². The van der Waals surface area contributed by atoms with Gasteiger partial charge in [-0.15, -0.1) is 0 Å². The molecule has 0 aliphatic heterocycles. The highest BCUT2D eigenvalue weighted by atomic mass is 16.1. The molecule has 0 aliphatic rings. The van der Waals surface area contributed by atoms with E-state index in [1.54, 1.807) is 6.07 Å². The first-order valence-corrected chi connectivity index (χ1v) is 6.42. The molecule has 1 heterocycles. The molecule has 0 fully saturated rings. The minimum Gasteiger partial charge on any atom is -0.397 e. The fourth-order valence-electron chi connectivity index (χ4n) is 2.12. The number of benzene rings is 1. The Kier molecular flexibility index (Phi) is 3.89. The van der Waals surface area contributed by atoms with Gasteiger partial charge in [-0.3, -0.25) is 4.79 Å². The molecule has 104 valence electrons. The molecule has 4 N–H and O–H groups in total. The van der Waals surface area contributed by atoms with E-state index in [-0.39, 0.29) is 0 Å². The maximum atomic E-state index is 11.6. The van der Waals surface area contributed by atoms with Crippen molar-refractivity contribution in [2.45, 2.75) is 13.8 Å². The SMILES string of the molecule is CCN(c1cccc(C)c1)c1ncc(N)cc1C(N)=O. The number of hydrogen-bond acceptors (Lipinski definition) is 4. The lowest BCUT2D eigenvalue weighted by molar-refractivity contribution is 0.100. The van der Waals surface area contributed by atoms with Crippen LogP contribution in [0.15, 0.2) is 36.5 Å². The standard InChI is InChI=1S/C15H18N4O/c1-3-19(12-6-4-5-10(2)7-12)15-13(14(17)20)8-11(16)9-18-15/h4-9H,3,16H2,1-2H3,(H2,17,20). The van der Waals surface area contributed by atoms with Crippen LogP contribution < -0.4 is 16.4 Å². The number of hydrogen-bond donors (Lipinski definition) is 2. The molecule has 0 radical (unpaired) electrons. The number of nitrogen functional groups attached to an aromatic ring is 1. The summed E-state index contributed by atoms with van der Waals surface area (Å²) < 4.78 is 0. The Balaban J connectivity index is 2.55. The zero-order valence-electron chi connectivity index (χ0n) is 11.6. The first-order valence-electron chi connectivity index (χ1n) is 6.42. The van der Waals surface area contributed by atoms with Gasteiger partial charge in [0.05, 0.1) is 17.4 Å². The van der Waals surface area contributed by atoms with E-state index in [0.29, 0.717) is 23.6 Å². The van der Waals surface area contributed by atoms with Crippen molar-refractivity contribution in [2.75, 3.05) is 17.2 Å². The first kappa shape index (κ1) is 13.9. The maximum absolute atomic E-state index is 11.6. The molecule has 5 heteroatoms. The number of nitrogens with zero attached hydrogens (tertiary/aromatic N) is 2. The Morgan fingerprint density at radius 2 is 2.10 bits per heavy atom. The summed E-state index contributed by atoms with van der Waals surface area (Å²) >= 11 is 0. The molecule has 2 rings (SSSR count). The monoisotopic (exact) mass is 270 g/mol. The van der Waals surface area contributed by atoms with Crippen LogP contribution in [-0.2, 0) is 0 Å². The van der Waals surface area contributed by atoms with Crippen molar-refractivity contribution >= 4 is 23.1 Å². The minimum absolute atomic E-state index is 0.327. The predicted molar refractivity (Wildman–Crippen MR) is 81.0 cm³/mol. The fourth-order valence-corrected chi connectivity index (χ4v) is 2.12. The average Bonchev–Trinajstić information content (AvgIpc) is 2.41. The van der Waals surface area contributed by atoms with Crippen LogP contribution in [0.2, 0.25) is 0 Å². The molecule has 1 aromatic heterocycles. The summed E-state index contributed by atoms with van der Waals surface area (Å²) in [6.45, 7) is 4.68. The lowest BCUT2D eigenvalue weighted by atomic mass is 10.1. The third-order valence-electron chi connectivity index (χ3n) is 3.04. The third kappa shape index (κ3) is 2.71. The van der Waals surface area contributed by atoms with Crippen LogP contribution in [0, 0.1) is 6.92 Å². The molecule has 0 saturated carbocycles. The molecule has 2 aromatic rings. The van der Waals surface area contributed by atoms with E-state index >= 15 is 0 Å². The Hall–Kier alpha value is -2.56. The number of anilines is 3. The quantitative estimate of drug-likeness (QED) is 0.892. The van der Waals surface area contributed by atoms with Crippen molar-refractivity contribution < 1.29 is 4.79 Å². The van der Waals surface area contributed by atoms with Gasteiger partial charge in [0.15, 0.2) is 0 Å². The molecular formula is C15H18N4O. The molecule has 1 aromatic carbocycles. The van der Waals surface area contributed by atoms with Crippen molar-refractivity contribution in [1.29, 1.82) is 0 Å². The van der Waals surface area contributed by atoms with Crippen molar-refractivity contribution in [1.82, 2.24) is 4.98 Å².